The molecule has 11 heteroatoms. The van der Waals surface area contributed by atoms with Gasteiger partial charge in [-0.2, -0.15) is 0 Å². The van der Waals surface area contributed by atoms with E-state index in [1.165, 1.54) is 32.2 Å². The summed E-state index contributed by atoms with van der Waals surface area (Å²) in [5, 5.41) is 1.33. The topological polar surface area (TPSA) is 124 Å². The van der Waals surface area contributed by atoms with Gasteiger partial charge in [-0.25, -0.2) is 16.8 Å². The molecule has 0 saturated carbocycles. The molecule has 3 rings (SSSR count). The second-order valence-corrected chi connectivity index (χ2v) is 9.51. The van der Waals surface area contributed by atoms with Crippen LogP contribution in [0.5, 0.6) is 5.75 Å². The summed E-state index contributed by atoms with van der Waals surface area (Å²) in [5.74, 6) is 0.226. The minimum atomic E-state index is -4.63. The molecule has 0 aliphatic heterocycles. The molecule has 3 aromatic rings. The van der Waals surface area contributed by atoms with Crippen LogP contribution in [0.3, 0.4) is 0 Å². The summed E-state index contributed by atoms with van der Waals surface area (Å²) in [5.41, 5.74) is 2.57. The van der Waals surface area contributed by atoms with Gasteiger partial charge < -0.3 is 13.8 Å². The molecule has 0 heterocycles. The fourth-order valence-corrected chi connectivity index (χ4v) is 4.47. The molecule has 0 amide bonds. The van der Waals surface area contributed by atoms with E-state index in [1.807, 2.05) is 6.92 Å². The van der Waals surface area contributed by atoms with Gasteiger partial charge in [-0.1, -0.05) is 30.4 Å². The third kappa shape index (κ3) is 6.44. The maximum atomic E-state index is 11.4. The molecule has 0 N–H and O–H groups in total. The molecule has 0 atom stereocenters. The Balaban J connectivity index is 0.00000256. The van der Waals surface area contributed by atoms with Gasteiger partial charge in [-0.3, -0.25) is 0 Å². The zero-order valence-electron chi connectivity index (χ0n) is 18.4. The number of hydrogen-bond donors (Lipinski definition) is 0. The fraction of sp³-hybridized carbons (Fsp3) is 0.143. The van der Waals surface area contributed by atoms with Gasteiger partial charge in [-0.05, 0) is 65.6 Å². The van der Waals surface area contributed by atoms with E-state index in [1.54, 1.807) is 36.4 Å². The van der Waals surface area contributed by atoms with Crippen molar-refractivity contribution in [3.63, 3.8) is 0 Å². The molecule has 0 unspecified atom stereocenters. The fourth-order valence-electron chi connectivity index (χ4n) is 3.26. The van der Waals surface area contributed by atoms with Gasteiger partial charge in [0.05, 0.1) is 16.9 Å². The molecular formula is C21H18Na2O7S2. The molecule has 0 bridgehead atoms. The van der Waals surface area contributed by atoms with E-state index in [-0.39, 0.29) is 74.7 Å². The van der Waals surface area contributed by atoms with Crippen molar-refractivity contribution in [3.05, 3.63) is 64.7 Å². The number of methoxy groups -OCH3 is 1. The summed E-state index contributed by atoms with van der Waals surface area (Å²) in [6, 6.07) is 10.4. The first-order chi connectivity index (χ1) is 13.9. The SMILES string of the molecule is COc1cc(S(=O)(=O)[O-])c(C)cc1/C=C/c1c(C)ccc2cc(S(=O)(=O)[O-])ccc12.[Na+].[Na+]. The van der Waals surface area contributed by atoms with E-state index in [0.29, 0.717) is 16.5 Å². The van der Waals surface area contributed by atoms with Gasteiger partial charge in [0.1, 0.15) is 26.0 Å². The van der Waals surface area contributed by atoms with Crippen LogP contribution in [0, 0.1) is 13.8 Å². The Bertz CT molecular complexity index is 1400. The molecule has 158 valence electrons. The van der Waals surface area contributed by atoms with Crippen LogP contribution < -0.4 is 63.9 Å². The Labute approximate surface area is 232 Å². The van der Waals surface area contributed by atoms with Gasteiger partial charge in [0.2, 0.25) is 0 Å². The van der Waals surface area contributed by atoms with E-state index in [2.05, 4.69) is 0 Å². The Morgan fingerprint density at radius 2 is 1.47 bits per heavy atom. The molecular weight excluding hydrogens is 474 g/mol. The maximum Gasteiger partial charge on any atom is 1.00 e. The van der Waals surface area contributed by atoms with Crippen molar-refractivity contribution in [2.75, 3.05) is 7.11 Å². The van der Waals surface area contributed by atoms with Gasteiger partial charge in [0.25, 0.3) is 0 Å². The summed E-state index contributed by atoms with van der Waals surface area (Å²) in [6.07, 6.45) is 3.50. The van der Waals surface area contributed by atoms with Crippen LogP contribution in [0.1, 0.15) is 22.3 Å². The molecule has 0 fully saturated rings. The monoisotopic (exact) mass is 492 g/mol. The Morgan fingerprint density at radius 1 is 0.812 bits per heavy atom. The minimum absolute atomic E-state index is 0. The average Bonchev–Trinajstić information content (AvgIpc) is 2.65. The molecule has 32 heavy (non-hydrogen) atoms. The summed E-state index contributed by atoms with van der Waals surface area (Å²) in [6.45, 7) is 3.41. The van der Waals surface area contributed by atoms with Gasteiger partial charge >= 0.3 is 59.1 Å². The zero-order valence-corrected chi connectivity index (χ0v) is 24.0. The first-order valence-corrected chi connectivity index (χ1v) is 11.6. The number of ether oxygens (including phenoxy) is 1. The van der Waals surface area contributed by atoms with Crippen LogP contribution in [0.15, 0.2) is 52.3 Å². The van der Waals surface area contributed by atoms with Crippen molar-refractivity contribution in [2.24, 2.45) is 0 Å². The average molecular weight is 492 g/mol. The minimum Gasteiger partial charge on any atom is -0.744 e. The third-order valence-corrected chi connectivity index (χ3v) is 6.58. The van der Waals surface area contributed by atoms with Crippen LogP contribution in [0.4, 0.5) is 0 Å². The van der Waals surface area contributed by atoms with Crippen LogP contribution in [0.2, 0.25) is 0 Å². The smallest absolute Gasteiger partial charge is 0.744 e. The largest absolute Gasteiger partial charge is 1.00 e. The zero-order chi connectivity index (χ0) is 22.3. The number of aryl methyl sites for hydroxylation is 2. The van der Waals surface area contributed by atoms with Crippen LogP contribution in [0.25, 0.3) is 22.9 Å². The normalized spacial score (nSPS) is 11.8. The Hall–Kier alpha value is -0.720. The van der Waals surface area contributed by atoms with Gasteiger partial charge in [0, 0.05) is 5.56 Å². The Morgan fingerprint density at radius 3 is 2.03 bits per heavy atom. The predicted octanol–water partition coefficient (Wildman–Crippen LogP) is -2.55. The van der Waals surface area contributed by atoms with Crippen molar-refractivity contribution < 1.29 is 89.8 Å². The molecule has 0 aromatic heterocycles. The maximum absolute atomic E-state index is 11.4. The summed E-state index contributed by atoms with van der Waals surface area (Å²) in [4.78, 5) is -0.648. The predicted molar refractivity (Wildman–Crippen MR) is 111 cm³/mol. The molecule has 0 spiro atoms. The van der Waals surface area contributed by atoms with E-state index in [0.717, 1.165) is 16.5 Å². The van der Waals surface area contributed by atoms with Crippen LogP contribution >= 0.6 is 0 Å². The number of rotatable bonds is 5. The number of benzene rings is 3. The summed E-state index contributed by atoms with van der Waals surface area (Å²) < 4.78 is 73.3. The molecule has 0 saturated heterocycles. The van der Waals surface area contributed by atoms with Crippen LogP contribution in [-0.4, -0.2) is 33.1 Å². The quantitative estimate of drug-likeness (QED) is 0.218. The second kappa shape index (κ2) is 11.1. The summed E-state index contributed by atoms with van der Waals surface area (Å²) >= 11 is 0. The van der Waals surface area contributed by atoms with Crippen LogP contribution in [-0.2, 0) is 20.2 Å². The molecule has 7 nitrogen and oxygen atoms in total. The van der Waals surface area contributed by atoms with Crippen molar-refractivity contribution in [3.8, 4) is 5.75 Å². The molecule has 3 aromatic carbocycles. The van der Waals surface area contributed by atoms with Gasteiger partial charge in [0.15, 0.2) is 0 Å². The standard InChI is InChI=1S/C21H20O7S2.2Na/c1-13-4-5-15-11-17(29(22,23)24)7-9-19(15)18(13)8-6-16-10-14(2)21(30(25,26)27)12-20(16)28-3;;/h4-12H,1-3H3,(H,22,23,24)(H,25,26,27);;/q;2*+1/p-2/b8-6+;;. The van der Waals surface area contributed by atoms with Gasteiger partial charge in [-0.15, -0.1) is 0 Å². The van der Waals surface area contributed by atoms with Crippen molar-refractivity contribution >= 4 is 43.2 Å². The molecule has 0 radical (unpaired) electrons. The van der Waals surface area contributed by atoms with Crippen molar-refractivity contribution in [1.82, 2.24) is 0 Å². The Kier molecular flexibility index (Phi) is 10.2. The van der Waals surface area contributed by atoms with Crippen molar-refractivity contribution in [1.29, 1.82) is 0 Å². The second-order valence-electron chi connectivity index (χ2n) is 6.78. The van der Waals surface area contributed by atoms with E-state index >= 15 is 0 Å². The van der Waals surface area contributed by atoms with E-state index in [4.69, 9.17) is 4.74 Å². The van der Waals surface area contributed by atoms with Crippen molar-refractivity contribution in [2.45, 2.75) is 23.6 Å². The van der Waals surface area contributed by atoms with E-state index < -0.39 is 20.2 Å². The first-order valence-electron chi connectivity index (χ1n) is 8.73. The number of hydrogen-bond acceptors (Lipinski definition) is 7. The number of fused-ring (bicyclic) bond motifs is 1. The molecule has 0 aliphatic carbocycles. The summed E-state index contributed by atoms with van der Waals surface area (Å²) in [7, 11) is -7.82. The van der Waals surface area contributed by atoms with E-state index in [9.17, 15) is 25.9 Å². The third-order valence-electron chi connectivity index (χ3n) is 4.77. The molecule has 0 aliphatic rings. The first kappa shape index (κ1) is 29.3.